The quantitative estimate of drug-likeness (QED) is 0.814. The lowest BCUT2D eigenvalue weighted by Crippen LogP contribution is -2.43. The number of rotatable bonds is 2. The van der Waals surface area contributed by atoms with E-state index in [4.69, 9.17) is 0 Å². The van der Waals surface area contributed by atoms with Crippen LogP contribution in [0.2, 0.25) is 0 Å². The van der Waals surface area contributed by atoms with Crippen LogP contribution in [0.1, 0.15) is 24.5 Å². The van der Waals surface area contributed by atoms with E-state index in [0.29, 0.717) is 0 Å². The first-order valence-corrected chi connectivity index (χ1v) is 6.37. The summed E-state index contributed by atoms with van der Waals surface area (Å²) >= 11 is 0. The van der Waals surface area contributed by atoms with Gasteiger partial charge in [-0.2, -0.15) is 0 Å². The molecule has 2 bridgehead atoms. The molecule has 0 radical (unpaired) electrons. The number of benzene rings is 1. The van der Waals surface area contributed by atoms with Gasteiger partial charge in [-0.15, -0.1) is 0 Å². The number of anilines is 1. The highest BCUT2D eigenvalue weighted by atomic mass is 15.3. The van der Waals surface area contributed by atoms with Crippen molar-refractivity contribution < 1.29 is 0 Å². The smallest absolute Gasteiger partial charge is 0.0430 e. The van der Waals surface area contributed by atoms with E-state index >= 15 is 0 Å². The predicted octanol–water partition coefficient (Wildman–Crippen LogP) is 2.11. The highest BCUT2D eigenvalue weighted by molar-refractivity contribution is 5.53. The van der Waals surface area contributed by atoms with E-state index in [2.05, 4.69) is 42.3 Å². The van der Waals surface area contributed by atoms with E-state index in [1.54, 1.807) is 0 Å². The van der Waals surface area contributed by atoms with Crippen LogP contribution in [0.3, 0.4) is 0 Å². The second kappa shape index (κ2) is 3.77. The van der Waals surface area contributed by atoms with Crippen LogP contribution in [-0.4, -0.2) is 25.2 Å². The van der Waals surface area contributed by atoms with Crippen molar-refractivity contribution in [3.8, 4) is 0 Å². The molecule has 0 aromatic heterocycles. The summed E-state index contributed by atoms with van der Waals surface area (Å²) in [5.74, 6) is 0. The molecular formula is C14H20N2. The average molecular weight is 216 g/mol. The number of piperazine rings is 1. The zero-order chi connectivity index (χ0) is 11.1. The molecule has 1 N–H and O–H groups in total. The number of nitrogens with zero attached hydrogens (tertiary/aromatic N) is 1. The van der Waals surface area contributed by atoms with Crippen LogP contribution in [0.4, 0.5) is 5.69 Å². The minimum Gasteiger partial charge on any atom is -0.366 e. The summed E-state index contributed by atoms with van der Waals surface area (Å²) in [6, 6.07) is 8.41. The molecule has 16 heavy (non-hydrogen) atoms. The third kappa shape index (κ3) is 1.52. The molecule has 0 spiro atoms. The largest absolute Gasteiger partial charge is 0.366 e. The van der Waals surface area contributed by atoms with Crippen molar-refractivity contribution in [2.24, 2.45) is 0 Å². The number of fused-ring (bicyclic) bond motifs is 2. The zero-order valence-electron chi connectivity index (χ0n) is 10.2. The highest BCUT2D eigenvalue weighted by Crippen LogP contribution is 2.30. The van der Waals surface area contributed by atoms with E-state index < -0.39 is 0 Å². The number of hydrogen-bond donors (Lipinski definition) is 1. The normalized spacial score (nSPS) is 27.8. The lowest BCUT2D eigenvalue weighted by atomic mass is 10.0. The molecule has 0 saturated carbocycles. The van der Waals surface area contributed by atoms with Crippen LogP contribution >= 0.6 is 0 Å². The van der Waals surface area contributed by atoms with Crippen LogP contribution in [0.15, 0.2) is 18.2 Å². The van der Waals surface area contributed by atoms with E-state index in [1.807, 2.05) is 0 Å². The van der Waals surface area contributed by atoms with Crippen molar-refractivity contribution in [1.82, 2.24) is 5.32 Å². The number of hydrogen-bond acceptors (Lipinski definition) is 2. The lowest BCUT2D eigenvalue weighted by molar-refractivity contribution is 0.580. The molecule has 2 atom stereocenters. The van der Waals surface area contributed by atoms with Crippen LogP contribution in [0, 0.1) is 6.92 Å². The van der Waals surface area contributed by atoms with E-state index in [0.717, 1.165) is 18.5 Å². The van der Waals surface area contributed by atoms with Crippen LogP contribution in [0.5, 0.6) is 0 Å². The van der Waals surface area contributed by atoms with Gasteiger partial charge in [0.05, 0.1) is 0 Å². The van der Waals surface area contributed by atoms with Crippen LogP contribution in [-0.2, 0) is 6.42 Å². The molecule has 0 aliphatic carbocycles. The monoisotopic (exact) mass is 216 g/mol. The summed E-state index contributed by atoms with van der Waals surface area (Å²) in [4.78, 5) is 2.58. The fourth-order valence-corrected chi connectivity index (χ4v) is 3.09. The zero-order valence-corrected chi connectivity index (χ0v) is 10.2. The summed E-state index contributed by atoms with van der Waals surface area (Å²) in [6.45, 7) is 6.81. The Bertz CT molecular complexity index is 400. The van der Waals surface area contributed by atoms with Crippen molar-refractivity contribution in [2.75, 3.05) is 18.0 Å². The van der Waals surface area contributed by atoms with Gasteiger partial charge in [-0.3, -0.25) is 0 Å². The molecule has 1 aromatic rings. The van der Waals surface area contributed by atoms with Gasteiger partial charge in [0.1, 0.15) is 0 Å². The molecule has 2 heterocycles. The maximum atomic E-state index is 3.55. The fourth-order valence-electron chi connectivity index (χ4n) is 3.09. The molecule has 2 nitrogen and oxygen atoms in total. The summed E-state index contributed by atoms with van der Waals surface area (Å²) in [5.41, 5.74) is 4.35. The first kappa shape index (κ1) is 10.2. The summed E-state index contributed by atoms with van der Waals surface area (Å²) in [6.07, 6.45) is 2.47. The summed E-state index contributed by atoms with van der Waals surface area (Å²) < 4.78 is 0. The van der Waals surface area contributed by atoms with Gasteiger partial charge in [0, 0.05) is 30.9 Å². The highest BCUT2D eigenvalue weighted by Gasteiger charge is 2.37. The van der Waals surface area contributed by atoms with Crippen molar-refractivity contribution in [1.29, 1.82) is 0 Å². The predicted molar refractivity (Wildman–Crippen MR) is 68.1 cm³/mol. The maximum Gasteiger partial charge on any atom is 0.0430 e. The first-order valence-electron chi connectivity index (χ1n) is 6.37. The summed E-state index contributed by atoms with van der Waals surface area (Å²) in [7, 11) is 0. The fraction of sp³-hybridized carbons (Fsp3) is 0.571. The van der Waals surface area contributed by atoms with Crippen molar-refractivity contribution in [2.45, 2.75) is 38.8 Å². The molecule has 3 rings (SSSR count). The van der Waals surface area contributed by atoms with Gasteiger partial charge < -0.3 is 10.2 Å². The second-order valence-electron chi connectivity index (χ2n) is 5.11. The third-order valence-corrected chi connectivity index (χ3v) is 4.10. The van der Waals surface area contributed by atoms with Crippen LogP contribution in [0.25, 0.3) is 0 Å². The van der Waals surface area contributed by atoms with Crippen molar-refractivity contribution >= 4 is 5.69 Å². The Morgan fingerprint density at radius 2 is 2.31 bits per heavy atom. The van der Waals surface area contributed by atoms with Gasteiger partial charge >= 0.3 is 0 Å². The summed E-state index contributed by atoms with van der Waals surface area (Å²) in [5, 5.41) is 3.55. The minimum atomic E-state index is 0.733. The Morgan fingerprint density at radius 3 is 2.94 bits per heavy atom. The van der Waals surface area contributed by atoms with Crippen molar-refractivity contribution in [3.63, 3.8) is 0 Å². The van der Waals surface area contributed by atoms with Gasteiger partial charge in [-0.1, -0.05) is 13.0 Å². The molecule has 2 heteroatoms. The molecule has 2 saturated heterocycles. The molecular weight excluding hydrogens is 196 g/mol. The molecule has 2 fully saturated rings. The SMILES string of the molecule is CCc1cc(N2CC3CC2CN3)ccc1C. The molecule has 1 aromatic carbocycles. The van der Waals surface area contributed by atoms with Gasteiger partial charge in [-0.05, 0) is 43.0 Å². The average Bonchev–Trinajstić information content (AvgIpc) is 2.91. The lowest BCUT2D eigenvalue weighted by Gasteiger charge is -2.30. The minimum absolute atomic E-state index is 0.733. The van der Waals surface area contributed by atoms with Crippen molar-refractivity contribution in [3.05, 3.63) is 29.3 Å². The number of aryl methyl sites for hydroxylation is 2. The topological polar surface area (TPSA) is 15.3 Å². The van der Waals surface area contributed by atoms with Gasteiger partial charge in [0.25, 0.3) is 0 Å². The van der Waals surface area contributed by atoms with E-state index in [-0.39, 0.29) is 0 Å². The van der Waals surface area contributed by atoms with Crippen LogP contribution < -0.4 is 10.2 Å². The first-order chi connectivity index (χ1) is 7.78. The molecule has 2 aliphatic heterocycles. The van der Waals surface area contributed by atoms with Gasteiger partial charge in [-0.25, -0.2) is 0 Å². The maximum absolute atomic E-state index is 3.55. The molecule has 2 unspecified atom stereocenters. The standard InChI is InChI=1S/C14H20N2/c1-3-11-6-13(5-4-10(11)2)16-9-12-7-14(16)8-15-12/h4-6,12,14-15H,3,7-9H2,1-2H3. The van der Waals surface area contributed by atoms with Gasteiger partial charge in [0.15, 0.2) is 0 Å². The van der Waals surface area contributed by atoms with E-state index in [9.17, 15) is 0 Å². The molecule has 2 aliphatic rings. The Kier molecular flexibility index (Phi) is 2.40. The van der Waals surface area contributed by atoms with Gasteiger partial charge in [0.2, 0.25) is 0 Å². The molecule has 86 valence electrons. The Labute approximate surface area is 97.6 Å². The van der Waals surface area contributed by atoms with E-state index in [1.165, 1.54) is 36.3 Å². The third-order valence-electron chi connectivity index (χ3n) is 4.10. The Hall–Kier alpha value is -1.02. The Morgan fingerprint density at radius 1 is 1.44 bits per heavy atom. The second-order valence-corrected chi connectivity index (χ2v) is 5.11. The number of nitrogens with one attached hydrogen (secondary N) is 1. The molecule has 0 amide bonds. The Balaban J connectivity index is 1.89.